The molecule has 1 heterocycles. The van der Waals surface area contributed by atoms with Crippen LogP contribution < -0.4 is 0 Å². The summed E-state index contributed by atoms with van der Waals surface area (Å²) in [4.78, 5) is 12.6. The summed E-state index contributed by atoms with van der Waals surface area (Å²) in [6.07, 6.45) is 1.73. The first-order valence-corrected chi connectivity index (χ1v) is 5.63. The van der Waals surface area contributed by atoms with Gasteiger partial charge in [0.1, 0.15) is 0 Å². The molecule has 1 rings (SSSR count). The van der Waals surface area contributed by atoms with Crippen LogP contribution in [0.4, 0.5) is 0 Å². The van der Waals surface area contributed by atoms with Crippen LogP contribution in [0.1, 0.15) is 12.5 Å². The van der Waals surface area contributed by atoms with Crippen molar-refractivity contribution in [2.75, 3.05) is 13.6 Å². The summed E-state index contributed by atoms with van der Waals surface area (Å²) in [6.45, 7) is 3.13. The summed E-state index contributed by atoms with van der Waals surface area (Å²) in [5, 5.41) is 12.8. The number of hydrogen-bond donors (Lipinski definition) is 1. The second-order valence-electron chi connectivity index (χ2n) is 3.52. The molecule has 4 heteroatoms. The summed E-state index contributed by atoms with van der Waals surface area (Å²) in [5.41, 5.74) is 1.66. The molecule has 0 radical (unpaired) electrons. The summed E-state index contributed by atoms with van der Waals surface area (Å²) in [5.74, 6) is -0.848. The van der Waals surface area contributed by atoms with Gasteiger partial charge in [-0.1, -0.05) is 6.08 Å². The predicted octanol–water partition coefficient (Wildman–Crippen LogP) is 2.21. The van der Waals surface area contributed by atoms with Crippen LogP contribution in [0, 0.1) is 0 Å². The van der Waals surface area contributed by atoms with Crippen molar-refractivity contribution in [3.05, 3.63) is 34.0 Å². The molecule has 1 aromatic rings. The lowest BCUT2D eigenvalue weighted by molar-refractivity contribution is -0.132. The van der Waals surface area contributed by atoms with E-state index in [-0.39, 0.29) is 0 Å². The van der Waals surface area contributed by atoms with Crippen molar-refractivity contribution in [1.82, 2.24) is 4.90 Å². The van der Waals surface area contributed by atoms with Crippen LogP contribution in [0.3, 0.4) is 0 Å². The molecule has 0 spiro atoms. The number of carboxylic acids is 1. The van der Waals surface area contributed by atoms with Crippen LogP contribution in [-0.4, -0.2) is 29.6 Å². The average molecular weight is 225 g/mol. The highest BCUT2D eigenvalue weighted by Crippen LogP contribution is 2.08. The van der Waals surface area contributed by atoms with Gasteiger partial charge in [0.05, 0.1) is 0 Å². The number of carboxylic acid groups (broad SMARTS) is 1. The van der Waals surface area contributed by atoms with Crippen molar-refractivity contribution >= 4 is 17.3 Å². The second-order valence-corrected chi connectivity index (χ2v) is 4.30. The van der Waals surface area contributed by atoms with Gasteiger partial charge in [-0.3, -0.25) is 4.90 Å². The topological polar surface area (TPSA) is 40.5 Å². The molecule has 3 nitrogen and oxygen atoms in total. The smallest absolute Gasteiger partial charge is 0.330 e. The first-order chi connectivity index (χ1) is 7.09. The lowest BCUT2D eigenvalue weighted by atomic mass is 10.2. The Bertz CT molecular complexity index is 343. The normalized spacial score (nSPS) is 12.1. The Morgan fingerprint density at radius 3 is 2.93 bits per heavy atom. The largest absolute Gasteiger partial charge is 0.478 e. The molecule has 1 aromatic heterocycles. The van der Waals surface area contributed by atoms with Gasteiger partial charge in [-0.05, 0) is 36.4 Å². The zero-order valence-electron chi connectivity index (χ0n) is 8.93. The molecule has 0 saturated carbocycles. The third kappa shape index (κ3) is 4.27. The SMILES string of the molecule is CC(=CCN(C)Cc1ccsc1)C(=O)O. The van der Waals surface area contributed by atoms with E-state index in [2.05, 4.69) is 16.3 Å². The Balaban J connectivity index is 2.40. The molecule has 0 atom stereocenters. The van der Waals surface area contributed by atoms with E-state index in [9.17, 15) is 4.79 Å². The number of aliphatic carboxylic acids is 1. The van der Waals surface area contributed by atoms with E-state index in [1.54, 1.807) is 24.3 Å². The van der Waals surface area contributed by atoms with Gasteiger partial charge in [0, 0.05) is 18.7 Å². The minimum absolute atomic E-state index is 0.396. The highest BCUT2D eigenvalue weighted by atomic mass is 32.1. The molecular formula is C11H15NO2S. The highest BCUT2D eigenvalue weighted by molar-refractivity contribution is 7.07. The van der Waals surface area contributed by atoms with Gasteiger partial charge in [0.2, 0.25) is 0 Å². The molecule has 15 heavy (non-hydrogen) atoms. The number of rotatable bonds is 5. The Hall–Kier alpha value is -1.13. The van der Waals surface area contributed by atoms with Crippen molar-refractivity contribution in [1.29, 1.82) is 0 Å². The summed E-state index contributed by atoms with van der Waals surface area (Å²) in [6, 6.07) is 2.08. The van der Waals surface area contributed by atoms with Crippen LogP contribution in [0.5, 0.6) is 0 Å². The third-order valence-electron chi connectivity index (χ3n) is 2.08. The molecule has 0 aromatic carbocycles. The van der Waals surface area contributed by atoms with E-state index in [4.69, 9.17) is 5.11 Å². The number of nitrogens with zero attached hydrogens (tertiary/aromatic N) is 1. The van der Waals surface area contributed by atoms with Gasteiger partial charge in [-0.15, -0.1) is 0 Å². The van der Waals surface area contributed by atoms with Crippen LogP contribution in [0.15, 0.2) is 28.5 Å². The van der Waals surface area contributed by atoms with E-state index in [1.165, 1.54) is 5.56 Å². The summed E-state index contributed by atoms with van der Waals surface area (Å²) < 4.78 is 0. The maximum Gasteiger partial charge on any atom is 0.330 e. The molecule has 0 aliphatic carbocycles. The molecule has 0 unspecified atom stereocenters. The molecule has 0 aliphatic rings. The molecule has 82 valence electrons. The number of carbonyl (C=O) groups is 1. The fourth-order valence-electron chi connectivity index (χ4n) is 1.14. The molecule has 0 aliphatic heterocycles. The Morgan fingerprint density at radius 2 is 2.40 bits per heavy atom. The third-order valence-corrected chi connectivity index (χ3v) is 2.81. The van der Waals surface area contributed by atoms with Crippen molar-refractivity contribution in [3.63, 3.8) is 0 Å². The van der Waals surface area contributed by atoms with E-state index in [1.807, 2.05) is 12.4 Å². The standard InChI is InChI=1S/C11H15NO2S/c1-9(11(13)14)3-5-12(2)7-10-4-6-15-8-10/h3-4,6,8H,5,7H2,1-2H3,(H,13,14). The minimum Gasteiger partial charge on any atom is -0.478 e. The molecule has 1 N–H and O–H groups in total. The number of likely N-dealkylation sites (N-methyl/N-ethyl adjacent to an activating group) is 1. The lowest BCUT2D eigenvalue weighted by Gasteiger charge is -2.13. The van der Waals surface area contributed by atoms with Crippen molar-refractivity contribution < 1.29 is 9.90 Å². The Kier molecular flexibility index (Phi) is 4.52. The van der Waals surface area contributed by atoms with Crippen LogP contribution in [0.2, 0.25) is 0 Å². The van der Waals surface area contributed by atoms with Gasteiger partial charge >= 0.3 is 5.97 Å². The van der Waals surface area contributed by atoms with Crippen molar-refractivity contribution in [2.24, 2.45) is 0 Å². The van der Waals surface area contributed by atoms with Crippen molar-refractivity contribution in [2.45, 2.75) is 13.5 Å². The Labute approximate surface area is 93.7 Å². The predicted molar refractivity (Wildman–Crippen MR) is 62.0 cm³/mol. The summed E-state index contributed by atoms with van der Waals surface area (Å²) in [7, 11) is 1.98. The lowest BCUT2D eigenvalue weighted by Crippen LogP contribution is -2.18. The molecular weight excluding hydrogens is 210 g/mol. The highest BCUT2D eigenvalue weighted by Gasteiger charge is 2.02. The molecule has 0 saturated heterocycles. The summed E-state index contributed by atoms with van der Waals surface area (Å²) >= 11 is 1.67. The minimum atomic E-state index is -0.848. The van der Waals surface area contributed by atoms with E-state index in [0.717, 1.165) is 6.54 Å². The fourth-order valence-corrected chi connectivity index (χ4v) is 1.80. The van der Waals surface area contributed by atoms with E-state index >= 15 is 0 Å². The van der Waals surface area contributed by atoms with Gasteiger partial charge in [-0.25, -0.2) is 4.79 Å². The maximum absolute atomic E-state index is 10.5. The van der Waals surface area contributed by atoms with Crippen LogP contribution in [-0.2, 0) is 11.3 Å². The van der Waals surface area contributed by atoms with Crippen LogP contribution >= 0.6 is 11.3 Å². The maximum atomic E-state index is 10.5. The second kappa shape index (κ2) is 5.68. The Morgan fingerprint density at radius 1 is 1.67 bits per heavy atom. The van der Waals surface area contributed by atoms with Gasteiger partial charge in [-0.2, -0.15) is 11.3 Å². The van der Waals surface area contributed by atoms with E-state index < -0.39 is 5.97 Å². The fraction of sp³-hybridized carbons (Fsp3) is 0.364. The first-order valence-electron chi connectivity index (χ1n) is 4.69. The zero-order valence-corrected chi connectivity index (χ0v) is 9.75. The number of thiophene rings is 1. The van der Waals surface area contributed by atoms with Gasteiger partial charge in [0.25, 0.3) is 0 Å². The molecule has 0 fully saturated rings. The first kappa shape index (κ1) is 11.9. The molecule has 0 bridgehead atoms. The molecule has 0 amide bonds. The average Bonchev–Trinajstić information content (AvgIpc) is 2.66. The van der Waals surface area contributed by atoms with Crippen molar-refractivity contribution in [3.8, 4) is 0 Å². The number of hydrogen-bond acceptors (Lipinski definition) is 3. The zero-order chi connectivity index (χ0) is 11.3. The van der Waals surface area contributed by atoms with Crippen LogP contribution in [0.25, 0.3) is 0 Å². The van der Waals surface area contributed by atoms with E-state index in [0.29, 0.717) is 12.1 Å². The quantitative estimate of drug-likeness (QED) is 0.781. The van der Waals surface area contributed by atoms with Gasteiger partial charge in [0.15, 0.2) is 0 Å². The monoisotopic (exact) mass is 225 g/mol. The van der Waals surface area contributed by atoms with Gasteiger partial charge < -0.3 is 5.11 Å².